The minimum atomic E-state index is -0.0889. The first-order valence-corrected chi connectivity index (χ1v) is 8.33. The van der Waals surface area contributed by atoms with Crippen molar-refractivity contribution >= 4 is 0 Å². The summed E-state index contributed by atoms with van der Waals surface area (Å²) in [5, 5.41) is 3.51. The second-order valence-corrected chi connectivity index (χ2v) is 6.50. The molecule has 3 heteroatoms. The second kappa shape index (κ2) is 7.90. The lowest BCUT2D eigenvalue weighted by molar-refractivity contribution is 0.247. The van der Waals surface area contributed by atoms with Gasteiger partial charge in [-0.2, -0.15) is 0 Å². The van der Waals surface area contributed by atoms with E-state index < -0.39 is 0 Å². The maximum atomic E-state index is 14.1. The van der Waals surface area contributed by atoms with E-state index >= 15 is 0 Å². The molecule has 1 aromatic carbocycles. The topological polar surface area (TPSA) is 15.3 Å². The minimum Gasteiger partial charge on any atom is -0.310 e. The van der Waals surface area contributed by atoms with Crippen LogP contribution in [0.5, 0.6) is 0 Å². The highest BCUT2D eigenvalue weighted by molar-refractivity contribution is 5.21. The quantitative estimate of drug-likeness (QED) is 0.817. The Morgan fingerprint density at radius 3 is 2.71 bits per heavy atom. The molecule has 118 valence electrons. The molecule has 0 spiro atoms. The van der Waals surface area contributed by atoms with Gasteiger partial charge >= 0.3 is 0 Å². The van der Waals surface area contributed by atoms with Crippen LogP contribution in [0.15, 0.2) is 24.3 Å². The number of nitrogens with one attached hydrogen (secondary N) is 1. The third-order valence-electron chi connectivity index (χ3n) is 4.54. The van der Waals surface area contributed by atoms with Crippen molar-refractivity contribution < 1.29 is 4.39 Å². The molecule has 1 fully saturated rings. The summed E-state index contributed by atoms with van der Waals surface area (Å²) in [5.74, 6) is 0.699. The molecule has 0 radical (unpaired) electrons. The Labute approximate surface area is 128 Å². The summed E-state index contributed by atoms with van der Waals surface area (Å²) in [6.07, 6.45) is 3.33. The fraction of sp³-hybridized carbons (Fsp3) is 0.667. The Morgan fingerprint density at radius 2 is 2.10 bits per heavy atom. The van der Waals surface area contributed by atoms with Gasteiger partial charge in [-0.3, -0.25) is 0 Å². The van der Waals surface area contributed by atoms with Crippen LogP contribution in [0.2, 0.25) is 0 Å². The van der Waals surface area contributed by atoms with Gasteiger partial charge in [-0.25, -0.2) is 4.39 Å². The van der Waals surface area contributed by atoms with E-state index in [-0.39, 0.29) is 11.9 Å². The van der Waals surface area contributed by atoms with Crippen LogP contribution in [0.3, 0.4) is 0 Å². The van der Waals surface area contributed by atoms with Gasteiger partial charge in [0.25, 0.3) is 0 Å². The van der Waals surface area contributed by atoms with Gasteiger partial charge < -0.3 is 10.2 Å². The summed E-state index contributed by atoms with van der Waals surface area (Å²) in [4.78, 5) is 2.55. The summed E-state index contributed by atoms with van der Waals surface area (Å²) in [7, 11) is 0. The summed E-state index contributed by atoms with van der Waals surface area (Å²) >= 11 is 0. The van der Waals surface area contributed by atoms with Crippen molar-refractivity contribution in [3.63, 3.8) is 0 Å². The molecule has 0 bridgehead atoms. The Hall–Kier alpha value is -0.930. The Balaban J connectivity index is 1.98. The first-order chi connectivity index (χ1) is 10.1. The van der Waals surface area contributed by atoms with Crippen molar-refractivity contribution in [3.05, 3.63) is 35.6 Å². The number of rotatable bonds is 7. The standard InChI is InChI=1S/C18H29FN2/c1-4-10-20-18(16-7-5-6-8-17(16)19)9-11-21-13-14(2)12-15(21)3/h5-8,14-15,18,20H,4,9-13H2,1-3H3. The van der Waals surface area contributed by atoms with Crippen molar-refractivity contribution in [2.45, 2.75) is 52.1 Å². The van der Waals surface area contributed by atoms with Crippen LogP contribution in [0.25, 0.3) is 0 Å². The molecular formula is C18H29FN2. The molecule has 1 heterocycles. The lowest BCUT2D eigenvalue weighted by atomic mass is 10.0. The van der Waals surface area contributed by atoms with E-state index in [0.29, 0.717) is 6.04 Å². The number of nitrogens with zero attached hydrogens (tertiary/aromatic N) is 1. The molecule has 0 saturated carbocycles. The van der Waals surface area contributed by atoms with Gasteiger partial charge in [0, 0.05) is 30.7 Å². The second-order valence-electron chi connectivity index (χ2n) is 6.50. The molecule has 2 nitrogen and oxygen atoms in total. The largest absolute Gasteiger partial charge is 0.310 e. The van der Waals surface area contributed by atoms with Crippen molar-refractivity contribution in [2.24, 2.45) is 5.92 Å². The molecule has 1 aliphatic heterocycles. The van der Waals surface area contributed by atoms with E-state index in [1.54, 1.807) is 12.1 Å². The number of hydrogen-bond donors (Lipinski definition) is 1. The van der Waals surface area contributed by atoms with Gasteiger partial charge in [0.1, 0.15) is 5.82 Å². The summed E-state index contributed by atoms with van der Waals surface area (Å²) in [6, 6.07) is 7.95. The average molecular weight is 292 g/mol. The van der Waals surface area contributed by atoms with E-state index in [1.807, 2.05) is 12.1 Å². The van der Waals surface area contributed by atoms with Gasteiger partial charge in [0.2, 0.25) is 0 Å². The normalized spacial score (nSPS) is 24.4. The predicted octanol–water partition coefficient (Wildman–Crippen LogP) is 3.99. The molecule has 1 aromatic rings. The third kappa shape index (κ3) is 4.52. The zero-order valence-electron chi connectivity index (χ0n) is 13.6. The zero-order chi connectivity index (χ0) is 15.2. The molecule has 1 aliphatic rings. The predicted molar refractivity (Wildman–Crippen MR) is 86.9 cm³/mol. The highest BCUT2D eigenvalue weighted by atomic mass is 19.1. The van der Waals surface area contributed by atoms with Crippen LogP contribution in [0, 0.1) is 11.7 Å². The van der Waals surface area contributed by atoms with Crippen LogP contribution < -0.4 is 5.32 Å². The highest BCUT2D eigenvalue weighted by Crippen LogP contribution is 2.25. The molecule has 0 aliphatic carbocycles. The van der Waals surface area contributed by atoms with Gasteiger partial charge in [-0.15, -0.1) is 0 Å². The van der Waals surface area contributed by atoms with E-state index in [9.17, 15) is 4.39 Å². The monoisotopic (exact) mass is 292 g/mol. The van der Waals surface area contributed by atoms with E-state index in [1.165, 1.54) is 13.0 Å². The highest BCUT2D eigenvalue weighted by Gasteiger charge is 2.26. The fourth-order valence-corrected chi connectivity index (χ4v) is 3.44. The van der Waals surface area contributed by atoms with Crippen LogP contribution in [0.4, 0.5) is 4.39 Å². The molecular weight excluding hydrogens is 263 g/mol. The Morgan fingerprint density at radius 1 is 1.33 bits per heavy atom. The zero-order valence-corrected chi connectivity index (χ0v) is 13.6. The summed E-state index contributed by atoms with van der Waals surface area (Å²) in [5.41, 5.74) is 0.811. The maximum Gasteiger partial charge on any atom is 0.127 e. The molecule has 21 heavy (non-hydrogen) atoms. The van der Waals surface area contributed by atoms with Crippen molar-refractivity contribution in [2.75, 3.05) is 19.6 Å². The van der Waals surface area contributed by atoms with Crippen LogP contribution in [-0.4, -0.2) is 30.6 Å². The third-order valence-corrected chi connectivity index (χ3v) is 4.54. The Kier molecular flexibility index (Phi) is 6.19. The summed E-state index contributed by atoms with van der Waals surface area (Å²) in [6.45, 7) is 9.93. The van der Waals surface area contributed by atoms with Gasteiger partial charge in [-0.1, -0.05) is 32.0 Å². The van der Waals surface area contributed by atoms with E-state index in [4.69, 9.17) is 0 Å². The summed E-state index contributed by atoms with van der Waals surface area (Å²) < 4.78 is 14.1. The number of benzene rings is 1. The molecule has 2 rings (SSSR count). The van der Waals surface area contributed by atoms with E-state index in [0.717, 1.165) is 37.4 Å². The fourth-order valence-electron chi connectivity index (χ4n) is 3.44. The molecule has 3 unspecified atom stereocenters. The number of hydrogen-bond acceptors (Lipinski definition) is 2. The average Bonchev–Trinajstić information content (AvgIpc) is 2.78. The van der Waals surface area contributed by atoms with Gasteiger partial charge in [-0.05, 0) is 44.7 Å². The van der Waals surface area contributed by atoms with Crippen molar-refractivity contribution in [1.82, 2.24) is 10.2 Å². The molecule has 1 N–H and O–H groups in total. The lowest BCUT2D eigenvalue weighted by Gasteiger charge is -2.25. The molecule has 1 saturated heterocycles. The van der Waals surface area contributed by atoms with Crippen LogP contribution in [-0.2, 0) is 0 Å². The number of halogens is 1. The van der Waals surface area contributed by atoms with Crippen LogP contribution >= 0.6 is 0 Å². The van der Waals surface area contributed by atoms with Gasteiger partial charge in [0.15, 0.2) is 0 Å². The smallest absolute Gasteiger partial charge is 0.127 e. The first-order valence-electron chi connectivity index (χ1n) is 8.33. The van der Waals surface area contributed by atoms with Crippen molar-refractivity contribution in [1.29, 1.82) is 0 Å². The molecule has 3 atom stereocenters. The first kappa shape index (κ1) is 16.4. The molecule has 0 aromatic heterocycles. The van der Waals surface area contributed by atoms with Crippen LogP contribution in [0.1, 0.15) is 51.6 Å². The van der Waals surface area contributed by atoms with Gasteiger partial charge in [0.05, 0.1) is 0 Å². The lowest BCUT2D eigenvalue weighted by Crippen LogP contribution is -2.32. The molecule has 0 amide bonds. The van der Waals surface area contributed by atoms with E-state index in [2.05, 4.69) is 31.0 Å². The SMILES string of the molecule is CCCNC(CCN1CC(C)CC1C)c1ccccc1F. The Bertz CT molecular complexity index is 435. The number of likely N-dealkylation sites (tertiary alicyclic amines) is 1. The van der Waals surface area contributed by atoms with Crippen molar-refractivity contribution in [3.8, 4) is 0 Å². The minimum absolute atomic E-state index is 0.0889. The maximum absolute atomic E-state index is 14.1.